The SMILES string of the molecule is CCOC(=O)c1c(-c2ccc(OCC)cc2)csc1NC(=O)CCc1ccc(C(C)C)cc1. The summed E-state index contributed by atoms with van der Waals surface area (Å²) in [6.45, 7) is 8.87. The molecule has 2 aromatic carbocycles. The number of aryl methyl sites for hydroxylation is 1. The summed E-state index contributed by atoms with van der Waals surface area (Å²) in [5, 5.41) is 5.31. The fourth-order valence-corrected chi connectivity index (χ4v) is 4.46. The molecule has 0 aliphatic rings. The van der Waals surface area contributed by atoms with Gasteiger partial charge in [0.1, 0.15) is 16.3 Å². The third-order valence-electron chi connectivity index (χ3n) is 5.29. The van der Waals surface area contributed by atoms with Gasteiger partial charge >= 0.3 is 5.97 Å². The maximum absolute atomic E-state index is 12.7. The first-order chi connectivity index (χ1) is 15.9. The molecular weight excluding hydrogens is 434 g/mol. The second kappa shape index (κ2) is 11.7. The number of carbonyl (C=O) groups is 2. The van der Waals surface area contributed by atoms with E-state index in [4.69, 9.17) is 9.47 Å². The second-order valence-corrected chi connectivity index (χ2v) is 8.86. The summed E-state index contributed by atoms with van der Waals surface area (Å²) in [5.74, 6) is 0.673. The number of rotatable bonds is 10. The van der Waals surface area contributed by atoms with Gasteiger partial charge in [-0.1, -0.05) is 50.2 Å². The number of hydrogen-bond acceptors (Lipinski definition) is 5. The molecule has 1 aromatic heterocycles. The van der Waals surface area contributed by atoms with Gasteiger partial charge in [-0.05, 0) is 55.0 Å². The first kappa shape index (κ1) is 24.5. The Balaban J connectivity index is 1.74. The number of thiophene rings is 1. The number of hydrogen-bond donors (Lipinski definition) is 1. The molecule has 33 heavy (non-hydrogen) atoms. The molecule has 3 rings (SSSR count). The van der Waals surface area contributed by atoms with Gasteiger partial charge in [0.25, 0.3) is 0 Å². The van der Waals surface area contributed by atoms with Gasteiger partial charge in [-0.3, -0.25) is 4.79 Å². The highest BCUT2D eigenvalue weighted by molar-refractivity contribution is 7.15. The molecule has 1 heterocycles. The van der Waals surface area contributed by atoms with E-state index < -0.39 is 5.97 Å². The number of anilines is 1. The van der Waals surface area contributed by atoms with Crippen molar-refractivity contribution in [3.05, 3.63) is 70.6 Å². The molecule has 5 nitrogen and oxygen atoms in total. The summed E-state index contributed by atoms with van der Waals surface area (Å²) < 4.78 is 10.8. The average molecular weight is 466 g/mol. The minimum absolute atomic E-state index is 0.131. The molecule has 0 saturated heterocycles. The molecule has 0 radical (unpaired) electrons. The molecule has 0 aliphatic carbocycles. The van der Waals surface area contributed by atoms with Crippen molar-refractivity contribution in [2.75, 3.05) is 18.5 Å². The van der Waals surface area contributed by atoms with Crippen molar-refractivity contribution in [2.45, 2.75) is 46.5 Å². The smallest absolute Gasteiger partial charge is 0.341 e. The van der Waals surface area contributed by atoms with E-state index in [1.54, 1.807) is 6.92 Å². The molecule has 0 fully saturated rings. The van der Waals surface area contributed by atoms with E-state index in [1.807, 2.05) is 36.6 Å². The van der Waals surface area contributed by atoms with Gasteiger partial charge in [0.05, 0.1) is 13.2 Å². The van der Waals surface area contributed by atoms with Crippen LogP contribution in [-0.2, 0) is 16.0 Å². The van der Waals surface area contributed by atoms with E-state index in [9.17, 15) is 9.59 Å². The lowest BCUT2D eigenvalue weighted by Crippen LogP contribution is -2.15. The fraction of sp³-hybridized carbons (Fsp3) is 0.333. The van der Waals surface area contributed by atoms with Crippen molar-refractivity contribution in [3.8, 4) is 16.9 Å². The summed E-state index contributed by atoms with van der Waals surface area (Å²) in [6.07, 6.45) is 0.968. The number of amides is 1. The zero-order valence-corrected chi connectivity index (χ0v) is 20.5. The predicted molar refractivity (Wildman–Crippen MR) is 134 cm³/mol. The Labute approximate surface area is 199 Å². The topological polar surface area (TPSA) is 64.6 Å². The Kier molecular flexibility index (Phi) is 8.66. The highest BCUT2D eigenvalue weighted by Crippen LogP contribution is 2.37. The van der Waals surface area contributed by atoms with E-state index >= 15 is 0 Å². The summed E-state index contributed by atoms with van der Waals surface area (Å²) in [4.78, 5) is 25.4. The van der Waals surface area contributed by atoms with Crippen molar-refractivity contribution >= 4 is 28.2 Å². The molecule has 0 atom stereocenters. The standard InChI is InChI=1S/C27H31NO4S/c1-5-31-22-14-12-21(13-15-22)23-17-33-26(25(23)27(30)32-6-2)28-24(29)16-9-19-7-10-20(11-8-19)18(3)4/h7-8,10-15,17-18H,5-6,9,16H2,1-4H3,(H,28,29). The third kappa shape index (κ3) is 6.45. The van der Waals surface area contributed by atoms with Crippen LogP contribution in [0.4, 0.5) is 5.00 Å². The lowest BCUT2D eigenvalue weighted by atomic mass is 10.0. The van der Waals surface area contributed by atoms with Gasteiger partial charge in [-0.2, -0.15) is 0 Å². The summed E-state index contributed by atoms with van der Waals surface area (Å²) in [7, 11) is 0. The first-order valence-corrected chi connectivity index (χ1v) is 12.2. The zero-order valence-electron chi connectivity index (χ0n) is 19.6. The maximum atomic E-state index is 12.7. The Bertz CT molecular complexity index is 1070. The monoisotopic (exact) mass is 465 g/mol. The minimum atomic E-state index is -0.442. The Morgan fingerprint density at radius 2 is 1.67 bits per heavy atom. The largest absolute Gasteiger partial charge is 0.494 e. The summed E-state index contributed by atoms with van der Waals surface area (Å²) in [5.41, 5.74) is 4.38. The molecule has 0 spiro atoms. The van der Waals surface area contributed by atoms with Crippen LogP contribution in [0.15, 0.2) is 53.9 Å². The van der Waals surface area contributed by atoms with Crippen LogP contribution in [-0.4, -0.2) is 25.1 Å². The van der Waals surface area contributed by atoms with Crippen molar-refractivity contribution < 1.29 is 19.1 Å². The number of nitrogens with one attached hydrogen (secondary N) is 1. The van der Waals surface area contributed by atoms with Gasteiger partial charge in [0.2, 0.25) is 5.91 Å². The van der Waals surface area contributed by atoms with Gasteiger partial charge in [0, 0.05) is 17.4 Å². The van der Waals surface area contributed by atoms with Crippen LogP contribution < -0.4 is 10.1 Å². The Morgan fingerprint density at radius 1 is 0.970 bits per heavy atom. The molecule has 6 heteroatoms. The average Bonchev–Trinajstić information content (AvgIpc) is 3.22. The molecule has 1 N–H and O–H groups in total. The van der Waals surface area contributed by atoms with Gasteiger partial charge in [-0.15, -0.1) is 11.3 Å². The number of esters is 1. The second-order valence-electron chi connectivity index (χ2n) is 7.98. The molecule has 174 valence electrons. The lowest BCUT2D eigenvalue weighted by Gasteiger charge is -2.10. The minimum Gasteiger partial charge on any atom is -0.494 e. The van der Waals surface area contributed by atoms with E-state index in [0.717, 1.165) is 22.4 Å². The van der Waals surface area contributed by atoms with Crippen LogP contribution >= 0.6 is 11.3 Å². The van der Waals surface area contributed by atoms with Crippen LogP contribution in [0, 0.1) is 0 Å². The molecule has 0 aliphatic heterocycles. The van der Waals surface area contributed by atoms with Gasteiger partial charge < -0.3 is 14.8 Å². The normalized spacial score (nSPS) is 10.8. The molecule has 1 amide bonds. The fourth-order valence-electron chi connectivity index (χ4n) is 3.48. The van der Waals surface area contributed by atoms with Crippen LogP contribution in [0.3, 0.4) is 0 Å². The first-order valence-electron chi connectivity index (χ1n) is 11.3. The zero-order chi connectivity index (χ0) is 23.8. The Hall–Kier alpha value is -3.12. The third-order valence-corrected chi connectivity index (χ3v) is 6.18. The maximum Gasteiger partial charge on any atom is 0.341 e. The molecule has 3 aromatic rings. The van der Waals surface area contributed by atoms with E-state index in [1.165, 1.54) is 16.9 Å². The van der Waals surface area contributed by atoms with E-state index in [-0.39, 0.29) is 12.5 Å². The molecule has 0 unspecified atom stereocenters. The quantitative estimate of drug-likeness (QED) is 0.339. The molecule has 0 saturated carbocycles. The molecular formula is C27H31NO4S. The van der Waals surface area contributed by atoms with Crippen molar-refractivity contribution in [3.63, 3.8) is 0 Å². The molecule has 0 bridgehead atoms. The predicted octanol–water partition coefficient (Wildman–Crippen LogP) is 6.69. The van der Waals surface area contributed by atoms with Crippen LogP contribution in [0.25, 0.3) is 11.1 Å². The highest BCUT2D eigenvalue weighted by Gasteiger charge is 2.23. The van der Waals surface area contributed by atoms with Crippen LogP contribution in [0.2, 0.25) is 0 Å². The number of ether oxygens (including phenoxy) is 2. The summed E-state index contributed by atoms with van der Waals surface area (Å²) >= 11 is 1.33. The number of carbonyl (C=O) groups excluding carboxylic acids is 2. The highest BCUT2D eigenvalue weighted by atomic mass is 32.1. The van der Waals surface area contributed by atoms with Crippen LogP contribution in [0.1, 0.15) is 61.5 Å². The van der Waals surface area contributed by atoms with E-state index in [2.05, 4.69) is 43.4 Å². The van der Waals surface area contributed by atoms with Gasteiger partial charge in [-0.25, -0.2) is 4.79 Å². The summed E-state index contributed by atoms with van der Waals surface area (Å²) in [6, 6.07) is 15.9. The van der Waals surface area contributed by atoms with E-state index in [0.29, 0.717) is 35.9 Å². The number of benzene rings is 2. The van der Waals surface area contributed by atoms with Crippen molar-refractivity contribution in [1.29, 1.82) is 0 Å². The van der Waals surface area contributed by atoms with Crippen molar-refractivity contribution in [2.24, 2.45) is 0 Å². The lowest BCUT2D eigenvalue weighted by molar-refractivity contribution is -0.116. The van der Waals surface area contributed by atoms with Crippen LogP contribution in [0.5, 0.6) is 5.75 Å². The van der Waals surface area contributed by atoms with Gasteiger partial charge in [0.15, 0.2) is 0 Å². The van der Waals surface area contributed by atoms with Crippen molar-refractivity contribution in [1.82, 2.24) is 0 Å². The Morgan fingerprint density at radius 3 is 2.27 bits per heavy atom.